The number of unbranched alkanes of at least 4 members (excludes halogenated alkanes) is 2. The van der Waals surface area contributed by atoms with Gasteiger partial charge in [-0.1, -0.05) is 55.9 Å². The molecule has 0 bridgehead atoms. The van der Waals surface area contributed by atoms with Crippen LogP contribution in [0.5, 0.6) is 0 Å². The van der Waals surface area contributed by atoms with Gasteiger partial charge in [-0.25, -0.2) is 22.0 Å². The Morgan fingerprint density at radius 2 is 1.65 bits per heavy atom. The van der Waals surface area contributed by atoms with Crippen molar-refractivity contribution in [1.82, 2.24) is 0 Å². The van der Waals surface area contributed by atoms with E-state index >= 15 is 0 Å². The van der Waals surface area contributed by atoms with Crippen LogP contribution in [0.25, 0.3) is 6.08 Å². The molecule has 0 saturated heterocycles. The van der Waals surface area contributed by atoms with E-state index in [9.17, 15) is 22.0 Å². The molecule has 0 amide bonds. The highest BCUT2D eigenvalue weighted by atomic mass is 19.3. The van der Waals surface area contributed by atoms with Gasteiger partial charge in [0.05, 0.1) is 11.1 Å². The Bertz CT molecular complexity index is 1000. The first kappa shape index (κ1) is 23.1. The second-order valence-corrected chi connectivity index (χ2v) is 7.99. The zero-order valence-corrected chi connectivity index (χ0v) is 17.5. The predicted molar refractivity (Wildman–Crippen MR) is 113 cm³/mol. The van der Waals surface area contributed by atoms with E-state index in [1.54, 1.807) is 6.07 Å². The Hall–Kier alpha value is -2.61. The van der Waals surface area contributed by atoms with Gasteiger partial charge in [0.2, 0.25) is 5.92 Å². The van der Waals surface area contributed by atoms with Crippen molar-refractivity contribution < 1.29 is 22.0 Å². The number of halogens is 5. The first-order valence-electron chi connectivity index (χ1n) is 10.6. The highest BCUT2D eigenvalue weighted by Gasteiger charge is 2.36. The summed E-state index contributed by atoms with van der Waals surface area (Å²) in [6, 6.07) is 7.31. The van der Waals surface area contributed by atoms with E-state index in [1.165, 1.54) is 24.3 Å². The molecule has 0 N–H and O–H groups in total. The van der Waals surface area contributed by atoms with Crippen molar-refractivity contribution in [1.29, 1.82) is 0 Å². The zero-order valence-electron chi connectivity index (χ0n) is 17.5. The van der Waals surface area contributed by atoms with Crippen molar-refractivity contribution in [3.05, 3.63) is 76.1 Å². The number of alkyl halides is 2. The van der Waals surface area contributed by atoms with Crippen LogP contribution in [-0.2, 0) is 0 Å². The maximum atomic E-state index is 14.6. The summed E-state index contributed by atoms with van der Waals surface area (Å²) in [5, 5.41) is 0. The van der Waals surface area contributed by atoms with Crippen LogP contribution in [-0.4, -0.2) is 5.92 Å². The third kappa shape index (κ3) is 5.97. The molecule has 164 valence electrons. The summed E-state index contributed by atoms with van der Waals surface area (Å²) >= 11 is 0. The molecule has 1 saturated carbocycles. The molecule has 1 fully saturated rings. The summed E-state index contributed by atoms with van der Waals surface area (Å²) in [5.74, 6) is -0.850. The van der Waals surface area contributed by atoms with Crippen LogP contribution >= 0.6 is 0 Å². The van der Waals surface area contributed by atoms with Crippen LogP contribution in [0.4, 0.5) is 22.0 Å². The molecule has 0 nitrogen and oxygen atoms in total. The summed E-state index contributed by atoms with van der Waals surface area (Å²) < 4.78 is 70.0. The van der Waals surface area contributed by atoms with Gasteiger partial charge in [0.1, 0.15) is 5.82 Å². The monoisotopic (exact) mass is 432 g/mol. The SMILES string of the molecule is CCCC/C=C/c1ccc(C#Cc2ccc(C3CCC(F)(F)CC3)c(F)c2F)c(F)c1. The molecule has 0 spiro atoms. The quantitative estimate of drug-likeness (QED) is 0.255. The molecule has 2 aromatic rings. The highest BCUT2D eigenvalue weighted by Crippen LogP contribution is 2.41. The second kappa shape index (κ2) is 10.1. The highest BCUT2D eigenvalue weighted by molar-refractivity contribution is 5.53. The van der Waals surface area contributed by atoms with Gasteiger partial charge >= 0.3 is 0 Å². The van der Waals surface area contributed by atoms with Gasteiger partial charge in [0.25, 0.3) is 0 Å². The fourth-order valence-electron chi connectivity index (χ4n) is 3.74. The molecule has 1 aliphatic rings. The standard InChI is InChI=1S/C26H25F5/c1-2-3-4-5-6-18-7-8-20(23(27)17-18)9-10-21-11-12-22(25(29)24(21)28)19-13-15-26(30,31)16-14-19/h5-8,11-12,17,19H,2-4,13-16H2,1H3/b6-5+. The van der Waals surface area contributed by atoms with Crippen LogP contribution < -0.4 is 0 Å². The Balaban J connectivity index is 1.75. The van der Waals surface area contributed by atoms with Crippen molar-refractivity contribution in [2.24, 2.45) is 0 Å². The van der Waals surface area contributed by atoms with E-state index < -0.39 is 29.3 Å². The molecular weight excluding hydrogens is 407 g/mol. The summed E-state index contributed by atoms with van der Waals surface area (Å²) in [6.45, 7) is 2.10. The summed E-state index contributed by atoms with van der Waals surface area (Å²) in [4.78, 5) is 0. The number of hydrogen-bond acceptors (Lipinski definition) is 0. The first-order chi connectivity index (χ1) is 14.8. The van der Waals surface area contributed by atoms with Gasteiger partial charge in [-0.05, 0) is 54.5 Å². The fourth-order valence-corrected chi connectivity index (χ4v) is 3.74. The number of hydrogen-bond donors (Lipinski definition) is 0. The summed E-state index contributed by atoms with van der Waals surface area (Å²) in [5.41, 5.74) is 0.706. The lowest BCUT2D eigenvalue weighted by atomic mass is 9.82. The molecule has 0 aromatic heterocycles. The van der Waals surface area contributed by atoms with Crippen molar-refractivity contribution >= 4 is 6.08 Å². The molecule has 2 aromatic carbocycles. The smallest absolute Gasteiger partial charge is 0.207 e. The summed E-state index contributed by atoms with van der Waals surface area (Å²) in [6.07, 6.45) is 6.45. The van der Waals surface area contributed by atoms with Crippen molar-refractivity contribution in [2.75, 3.05) is 0 Å². The lowest BCUT2D eigenvalue weighted by Crippen LogP contribution is -2.24. The second-order valence-electron chi connectivity index (χ2n) is 7.99. The van der Waals surface area contributed by atoms with Crippen molar-refractivity contribution in [2.45, 2.75) is 63.7 Å². The molecule has 1 aliphatic carbocycles. The van der Waals surface area contributed by atoms with Gasteiger partial charge in [0, 0.05) is 12.8 Å². The molecule has 0 radical (unpaired) electrons. The van der Waals surface area contributed by atoms with Crippen LogP contribution in [0, 0.1) is 29.3 Å². The minimum Gasteiger partial charge on any atom is -0.207 e. The molecule has 0 unspecified atom stereocenters. The third-order valence-corrected chi connectivity index (χ3v) is 5.63. The van der Waals surface area contributed by atoms with Crippen molar-refractivity contribution in [3.63, 3.8) is 0 Å². The van der Waals surface area contributed by atoms with Crippen molar-refractivity contribution in [3.8, 4) is 11.8 Å². The maximum absolute atomic E-state index is 14.6. The van der Waals surface area contributed by atoms with Gasteiger partial charge < -0.3 is 0 Å². The molecule has 0 aliphatic heterocycles. The number of rotatable bonds is 5. The van der Waals surface area contributed by atoms with E-state index in [1.807, 2.05) is 12.2 Å². The van der Waals surface area contributed by atoms with E-state index in [0.717, 1.165) is 19.3 Å². The molecule has 0 heterocycles. The predicted octanol–water partition coefficient (Wildman–Crippen LogP) is 8.00. The fraction of sp³-hybridized carbons (Fsp3) is 0.385. The van der Waals surface area contributed by atoms with Crippen LogP contribution in [0.15, 0.2) is 36.4 Å². The van der Waals surface area contributed by atoms with Gasteiger partial charge in [-0.2, -0.15) is 0 Å². The van der Waals surface area contributed by atoms with Crippen LogP contribution in [0.1, 0.15) is 80.0 Å². The Morgan fingerprint density at radius 3 is 2.32 bits per heavy atom. The van der Waals surface area contributed by atoms with Gasteiger partial charge in [-0.3, -0.25) is 0 Å². The minimum absolute atomic E-state index is 0.0871. The Labute approximate surface area is 180 Å². The average molecular weight is 432 g/mol. The topological polar surface area (TPSA) is 0 Å². The normalized spacial score (nSPS) is 16.3. The number of benzene rings is 2. The lowest BCUT2D eigenvalue weighted by Gasteiger charge is -2.28. The van der Waals surface area contributed by atoms with Gasteiger partial charge in [0.15, 0.2) is 11.6 Å². The first-order valence-corrected chi connectivity index (χ1v) is 10.6. The van der Waals surface area contributed by atoms with E-state index in [0.29, 0.717) is 5.56 Å². The molecular formula is C26H25F5. The Morgan fingerprint density at radius 1 is 0.968 bits per heavy atom. The zero-order chi connectivity index (χ0) is 22.4. The molecule has 0 atom stereocenters. The molecule has 31 heavy (non-hydrogen) atoms. The van der Waals surface area contributed by atoms with E-state index in [4.69, 9.17) is 0 Å². The van der Waals surface area contributed by atoms with Crippen LogP contribution in [0.2, 0.25) is 0 Å². The minimum atomic E-state index is -2.73. The van der Waals surface area contributed by atoms with E-state index in [-0.39, 0.29) is 42.4 Å². The van der Waals surface area contributed by atoms with Gasteiger partial charge in [-0.15, -0.1) is 0 Å². The maximum Gasteiger partial charge on any atom is 0.248 e. The number of allylic oxidation sites excluding steroid dienone is 1. The molecule has 5 heteroatoms. The summed E-state index contributed by atoms with van der Waals surface area (Å²) in [7, 11) is 0. The average Bonchev–Trinajstić information content (AvgIpc) is 2.74. The Kier molecular flexibility index (Phi) is 7.54. The third-order valence-electron chi connectivity index (χ3n) is 5.63. The largest absolute Gasteiger partial charge is 0.248 e. The lowest BCUT2D eigenvalue weighted by molar-refractivity contribution is -0.0384. The van der Waals surface area contributed by atoms with E-state index in [2.05, 4.69) is 18.8 Å². The molecule has 3 rings (SSSR count). The van der Waals surface area contributed by atoms with Crippen LogP contribution in [0.3, 0.4) is 0 Å².